The average Bonchev–Trinajstić information content (AvgIpc) is 2.66. The van der Waals surface area contributed by atoms with Gasteiger partial charge in [0.15, 0.2) is 6.10 Å². The van der Waals surface area contributed by atoms with Gasteiger partial charge in [0.2, 0.25) is 0 Å². The van der Waals surface area contributed by atoms with Crippen LogP contribution in [0, 0.1) is 0 Å². The molecule has 0 heterocycles. The zero-order valence-electron chi connectivity index (χ0n) is 15.4. The van der Waals surface area contributed by atoms with Crippen LogP contribution in [0.4, 0.5) is 0 Å². The van der Waals surface area contributed by atoms with E-state index >= 15 is 0 Å². The van der Waals surface area contributed by atoms with Crippen LogP contribution >= 0.6 is 11.8 Å². The smallest absolute Gasteiger partial charge is 0.260 e. The summed E-state index contributed by atoms with van der Waals surface area (Å²) in [5.74, 6) is 1.90. The number of aryl methyl sites for hydroxylation is 1. The third-order valence-electron chi connectivity index (χ3n) is 5.33. The number of fused-ring (bicyclic) bond motifs is 1. The van der Waals surface area contributed by atoms with Gasteiger partial charge in [-0.05, 0) is 62.6 Å². The number of carbonyl (C=O) groups excluding carboxylic acids is 1. The Balaban J connectivity index is 1.42. The van der Waals surface area contributed by atoms with E-state index in [4.69, 9.17) is 4.74 Å². The van der Waals surface area contributed by atoms with E-state index in [0.29, 0.717) is 0 Å². The Labute approximate surface area is 156 Å². The minimum Gasteiger partial charge on any atom is -0.481 e. The lowest BCUT2D eigenvalue weighted by atomic mass is 9.91. The van der Waals surface area contributed by atoms with Crippen LogP contribution in [0.25, 0.3) is 0 Å². The van der Waals surface area contributed by atoms with Crippen molar-refractivity contribution in [2.24, 2.45) is 0 Å². The fourth-order valence-electron chi connectivity index (χ4n) is 3.88. The number of benzene rings is 1. The highest BCUT2D eigenvalue weighted by Crippen LogP contribution is 2.30. The Morgan fingerprint density at radius 3 is 2.84 bits per heavy atom. The lowest BCUT2D eigenvalue weighted by molar-refractivity contribution is -0.127. The van der Waals surface area contributed by atoms with Crippen molar-refractivity contribution in [3.8, 4) is 5.75 Å². The first-order valence-electron chi connectivity index (χ1n) is 9.91. The molecule has 4 heteroatoms. The number of hydrogen-bond acceptors (Lipinski definition) is 3. The van der Waals surface area contributed by atoms with Crippen molar-refractivity contribution in [3.05, 3.63) is 29.3 Å². The summed E-state index contributed by atoms with van der Waals surface area (Å²) in [5, 5.41) is 3.84. The lowest BCUT2D eigenvalue weighted by Crippen LogP contribution is -2.37. The predicted octanol–water partition coefficient (Wildman–Crippen LogP) is 4.51. The SMILES string of the molecule is C[C@@H](Oc1cccc2c1CCCC2)C(=O)NCCSC1CCCCC1. The number of amides is 1. The number of nitrogens with one attached hydrogen (secondary N) is 1. The van der Waals surface area contributed by atoms with Gasteiger partial charge in [-0.15, -0.1) is 0 Å². The van der Waals surface area contributed by atoms with Crippen LogP contribution in [0.15, 0.2) is 18.2 Å². The Morgan fingerprint density at radius 2 is 2.00 bits per heavy atom. The molecule has 1 saturated carbocycles. The second-order valence-electron chi connectivity index (χ2n) is 7.28. The summed E-state index contributed by atoms with van der Waals surface area (Å²) in [6.07, 6.45) is 11.1. The molecule has 2 aliphatic carbocycles. The molecule has 0 saturated heterocycles. The first-order chi connectivity index (χ1) is 12.2. The van der Waals surface area contributed by atoms with E-state index in [1.165, 1.54) is 56.1 Å². The van der Waals surface area contributed by atoms with Gasteiger partial charge in [-0.25, -0.2) is 0 Å². The fourth-order valence-corrected chi connectivity index (χ4v) is 5.10. The van der Waals surface area contributed by atoms with Crippen molar-refractivity contribution < 1.29 is 9.53 Å². The highest BCUT2D eigenvalue weighted by atomic mass is 32.2. The standard InChI is InChI=1S/C21H31NO2S/c1-16(21(23)22-14-15-25-18-10-3-2-4-11-18)24-20-13-7-9-17-8-5-6-12-19(17)20/h7,9,13,16,18H,2-6,8,10-12,14-15H2,1H3,(H,22,23)/t16-/m1/s1. The number of ether oxygens (including phenoxy) is 1. The molecule has 25 heavy (non-hydrogen) atoms. The van der Waals surface area contributed by atoms with Gasteiger partial charge in [-0.3, -0.25) is 4.79 Å². The van der Waals surface area contributed by atoms with E-state index < -0.39 is 6.10 Å². The molecule has 3 nitrogen and oxygen atoms in total. The third kappa shape index (κ3) is 5.40. The van der Waals surface area contributed by atoms with E-state index in [-0.39, 0.29) is 5.91 Å². The summed E-state index contributed by atoms with van der Waals surface area (Å²) in [6.45, 7) is 2.59. The molecule has 2 aliphatic rings. The third-order valence-corrected chi connectivity index (χ3v) is 6.72. The van der Waals surface area contributed by atoms with Crippen LogP contribution in [0.3, 0.4) is 0 Å². The van der Waals surface area contributed by atoms with E-state index in [2.05, 4.69) is 11.4 Å². The molecule has 1 N–H and O–H groups in total. The number of thioether (sulfide) groups is 1. The van der Waals surface area contributed by atoms with Gasteiger partial charge in [-0.2, -0.15) is 11.8 Å². The molecule has 0 spiro atoms. The summed E-state index contributed by atoms with van der Waals surface area (Å²) >= 11 is 2.02. The van der Waals surface area contributed by atoms with Crippen LogP contribution in [0.1, 0.15) is 63.0 Å². The Bertz CT molecular complexity index is 569. The molecule has 1 fully saturated rings. The second-order valence-corrected chi connectivity index (χ2v) is 8.69. The number of rotatable bonds is 7. The molecule has 0 bridgehead atoms. The summed E-state index contributed by atoms with van der Waals surface area (Å²) in [4.78, 5) is 12.3. The van der Waals surface area contributed by atoms with Crippen LogP contribution < -0.4 is 10.1 Å². The normalized spacial score (nSPS) is 19.1. The molecule has 1 aromatic rings. The van der Waals surface area contributed by atoms with Crippen LogP contribution in [0.2, 0.25) is 0 Å². The summed E-state index contributed by atoms with van der Waals surface area (Å²) in [5.41, 5.74) is 2.70. The van der Waals surface area contributed by atoms with Gasteiger partial charge in [0.1, 0.15) is 5.75 Å². The van der Waals surface area contributed by atoms with Crippen molar-refractivity contribution in [2.75, 3.05) is 12.3 Å². The van der Waals surface area contributed by atoms with E-state index in [1.807, 2.05) is 30.8 Å². The van der Waals surface area contributed by atoms with Crippen LogP contribution in [-0.2, 0) is 17.6 Å². The van der Waals surface area contributed by atoms with E-state index in [9.17, 15) is 4.79 Å². The summed E-state index contributed by atoms with van der Waals surface area (Å²) in [6, 6.07) is 6.24. The zero-order chi connectivity index (χ0) is 17.5. The summed E-state index contributed by atoms with van der Waals surface area (Å²) in [7, 11) is 0. The number of hydrogen-bond donors (Lipinski definition) is 1. The van der Waals surface area contributed by atoms with Crippen molar-refractivity contribution in [3.63, 3.8) is 0 Å². The van der Waals surface area contributed by atoms with Gasteiger partial charge in [0, 0.05) is 17.5 Å². The molecule has 138 valence electrons. The molecular weight excluding hydrogens is 330 g/mol. The lowest BCUT2D eigenvalue weighted by Gasteiger charge is -2.22. The van der Waals surface area contributed by atoms with Crippen LogP contribution in [-0.4, -0.2) is 29.6 Å². The fraction of sp³-hybridized carbons (Fsp3) is 0.667. The molecule has 3 rings (SSSR count). The first-order valence-corrected chi connectivity index (χ1v) is 11.0. The second kappa shape index (κ2) is 9.51. The zero-order valence-corrected chi connectivity index (χ0v) is 16.2. The van der Waals surface area contributed by atoms with E-state index in [1.54, 1.807) is 0 Å². The highest BCUT2D eigenvalue weighted by molar-refractivity contribution is 7.99. The maximum Gasteiger partial charge on any atom is 0.260 e. The molecule has 1 amide bonds. The Hall–Kier alpha value is -1.16. The van der Waals surface area contributed by atoms with Crippen molar-refractivity contribution in [2.45, 2.75) is 76.1 Å². The van der Waals surface area contributed by atoms with Gasteiger partial charge in [0.25, 0.3) is 5.91 Å². The maximum atomic E-state index is 12.3. The average molecular weight is 362 g/mol. The van der Waals surface area contributed by atoms with Gasteiger partial charge in [0.05, 0.1) is 0 Å². The van der Waals surface area contributed by atoms with Gasteiger partial charge >= 0.3 is 0 Å². The first kappa shape index (κ1) is 18.6. The van der Waals surface area contributed by atoms with Crippen molar-refractivity contribution in [1.82, 2.24) is 5.32 Å². The molecule has 0 unspecified atom stereocenters. The molecule has 0 aliphatic heterocycles. The van der Waals surface area contributed by atoms with Crippen molar-refractivity contribution in [1.29, 1.82) is 0 Å². The molecular formula is C21H31NO2S. The highest BCUT2D eigenvalue weighted by Gasteiger charge is 2.19. The van der Waals surface area contributed by atoms with Crippen molar-refractivity contribution >= 4 is 17.7 Å². The molecule has 1 atom stereocenters. The minimum atomic E-state index is -0.437. The number of carbonyl (C=O) groups is 1. The molecule has 0 aromatic heterocycles. The van der Waals surface area contributed by atoms with Crippen LogP contribution in [0.5, 0.6) is 5.75 Å². The Morgan fingerprint density at radius 1 is 1.20 bits per heavy atom. The predicted molar refractivity (Wildman–Crippen MR) is 106 cm³/mol. The quantitative estimate of drug-likeness (QED) is 0.726. The largest absolute Gasteiger partial charge is 0.481 e. The molecule has 0 radical (unpaired) electrons. The maximum absolute atomic E-state index is 12.3. The Kier molecular flexibility index (Phi) is 7.09. The minimum absolute atomic E-state index is 0.00217. The summed E-state index contributed by atoms with van der Waals surface area (Å²) < 4.78 is 6.00. The topological polar surface area (TPSA) is 38.3 Å². The van der Waals surface area contributed by atoms with E-state index in [0.717, 1.165) is 36.1 Å². The molecule has 1 aromatic carbocycles. The van der Waals surface area contributed by atoms with Gasteiger partial charge in [-0.1, -0.05) is 31.4 Å². The monoisotopic (exact) mass is 361 g/mol. The van der Waals surface area contributed by atoms with Gasteiger partial charge < -0.3 is 10.1 Å².